The fraction of sp³-hybridized carbons (Fsp3) is 0.870. The second-order valence-corrected chi connectivity index (χ2v) is 9.51. The van der Waals surface area contributed by atoms with Gasteiger partial charge in [0.1, 0.15) is 6.54 Å². The smallest absolute Gasteiger partial charge is 0.243 e. The third-order valence-electron chi connectivity index (χ3n) is 7.08. The van der Waals surface area contributed by atoms with Crippen LogP contribution < -0.4 is 10.6 Å². The minimum absolute atomic E-state index is 0.0160. The van der Waals surface area contributed by atoms with E-state index in [1.165, 1.54) is 32.1 Å². The van der Waals surface area contributed by atoms with Gasteiger partial charge in [0, 0.05) is 51.7 Å². The Balaban J connectivity index is 1.55. The maximum Gasteiger partial charge on any atom is 0.243 e. The number of aliphatic imine (C=N–C) groups is 1. The van der Waals surface area contributed by atoms with Gasteiger partial charge in [0.25, 0.3) is 0 Å². The molecule has 2 N–H and O–H groups in total. The molecule has 0 radical (unpaired) electrons. The van der Waals surface area contributed by atoms with E-state index in [1.54, 1.807) is 19.0 Å². The lowest BCUT2D eigenvalue weighted by atomic mass is 9.88. The molecule has 3 fully saturated rings. The van der Waals surface area contributed by atoms with Crippen LogP contribution in [0.2, 0.25) is 0 Å². The third-order valence-corrected chi connectivity index (χ3v) is 7.08. The molecule has 8 nitrogen and oxygen atoms in total. The van der Waals surface area contributed by atoms with Crippen LogP contribution in [0.25, 0.3) is 0 Å². The number of carbonyl (C=O) groups is 2. The molecule has 3 aliphatic rings. The molecule has 0 aromatic carbocycles. The Morgan fingerprint density at radius 1 is 1.03 bits per heavy atom. The Morgan fingerprint density at radius 2 is 1.81 bits per heavy atom. The van der Waals surface area contributed by atoms with Crippen LogP contribution in [0.1, 0.15) is 58.3 Å². The number of rotatable bonds is 7. The molecule has 0 spiro atoms. The summed E-state index contributed by atoms with van der Waals surface area (Å²) in [7, 11) is 3.50. The molecule has 0 aromatic rings. The standard InChI is InChI=1S/C23H42N6O2/c1-4-28-13-8-11-20(28)15-24-23(25-16-21(30)27(2)3)26-19-12-14-29(17-19)22(31)18-9-6-5-7-10-18/h18-20H,4-17H2,1-3H3,(H2,24,25,26). The van der Waals surface area contributed by atoms with E-state index in [2.05, 4.69) is 27.4 Å². The first-order chi connectivity index (χ1) is 15.0. The molecule has 176 valence electrons. The maximum absolute atomic E-state index is 12.9. The zero-order valence-corrected chi connectivity index (χ0v) is 19.7. The van der Waals surface area contributed by atoms with Crippen molar-refractivity contribution in [2.24, 2.45) is 10.9 Å². The van der Waals surface area contributed by atoms with Gasteiger partial charge in [0.2, 0.25) is 11.8 Å². The quantitative estimate of drug-likeness (QED) is 0.466. The number of hydrogen-bond donors (Lipinski definition) is 2. The molecule has 2 heterocycles. The Labute approximate surface area is 187 Å². The lowest BCUT2D eigenvalue weighted by molar-refractivity contribution is -0.135. The molecule has 0 aromatic heterocycles. The van der Waals surface area contributed by atoms with Gasteiger partial charge >= 0.3 is 0 Å². The van der Waals surface area contributed by atoms with Crippen LogP contribution in [0.3, 0.4) is 0 Å². The summed E-state index contributed by atoms with van der Waals surface area (Å²) in [6.07, 6.45) is 9.07. The van der Waals surface area contributed by atoms with E-state index in [1.807, 2.05) is 4.90 Å². The number of nitrogens with zero attached hydrogens (tertiary/aromatic N) is 4. The van der Waals surface area contributed by atoms with Crippen molar-refractivity contribution in [3.8, 4) is 0 Å². The molecule has 2 unspecified atom stereocenters. The first kappa shape index (κ1) is 23.8. The number of carbonyl (C=O) groups excluding carboxylic acids is 2. The molecular weight excluding hydrogens is 392 g/mol. The lowest BCUT2D eigenvalue weighted by Gasteiger charge is -2.27. The van der Waals surface area contributed by atoms with Crippen LogP contribution in [0.15, 0.2) is 4.99 Å². The Hall–Kier alpha value is -1.83. The van der Waals surface area contributed by atoms with Gasteiger partial charge in [-0.05, 0) is 45.2 Å². The molecule has 2 atom stereocenters. The highest BCUT2D eigenvalue weighted by atomic mass is 16.2. The van der Waals surface area contributed by atoms with E-state index in [9.17, 15) is 9.59 Å². The summed E-state index contributed by atoms with van der Waals surface area (Å²) in [6.45, 7) is 6.91. The lowest BCUT2D eigenvalue weighted by Crippen LogP contribution is -2.49. The van der Waals surface area contributed by atoms with Crippen molar-refractivity contribution in [3.05, 3.63) is 0 Å². The first-order valence-electron chi connectivity index (χ1n) is 12.3. The average molecular weight is 435 g/mol. The van der Waals surface area contributed by atoms with Gasteiger partial charge in [-0.3, -0.25) is 14.5 Å². The fourth-order valence-electron chi connectivity index (χ4n) is 5.08. The van der Waals surface area contributed by atoms with Crippen molar-refractivity contribution in [2.45, 2.75) is 70.4 Å². The van der Waals surface area contributed by atoms with Crippen LogP contribution in [0.4, 0.5) is 0 Å². The Morgan fingerprint density at radius 3 is 2.52 bits per heavy atom. The Bertz CT molecular complexity index is 632. The SMILES string of the molecule is CCN1CCCC1CNC(=NCC(=O)N(C)C)NC1CCN(C(=O)C2CCCCC2)C1. The van der Waals surface area contributed by atoms with Gasteiger partial charge in [0.15, 0.2) is 5.96 Å². The van der Waals surface area contributed by atoms with Crippen molar-refractivity contribution in [2.75, 3.05) is 53.4 Å². The second-order valence-electron chi connectivity index (χ2n) is 9.51. The van der Waals surface area contributed by atoms with Crippen LogP contribution in [0, 0.1) is 5.92 Å². The predicted molar refractivity (Wildman–Crippen MR) is 124 cm³/mol. The summed E-state index contributed by atoms with van der Waals surface area (Å²) in [5.41, 5.74) is 0. The molecular formula is C23H42N6O2. The van der Waals surface area contributed by atoms with Crippen LogP contribution in [-0.4, -0.2) is 97.9 Å². The molecule has 31 heavy (non-hydrogen) atoms. The Kier molecular flexibility index (Phi) is 8.99. The number of likely N-dealkylation sites (N-methyl/N-ethyl adjacent to an activating group) is 2. The average Bonchev–Trinajstić information content (AvgIpc) is 3.44. The highest BCUT2D eigenvalue weighted by molar-refractivity contribution is 5.85. The summed E-state index contributed by atoms with van der Waals surface area (Å²) in [6, 6.07) is 0.689. The van der Waals surface area contributed by atoms with Gasteiger partial charge in [-0.1, -0.05) is 26.2 Å². The molecule has 0 bridgehead atoms. The van der Waals surface area contributed by atoms with Gasteiger partial charge < -0.3 is 20.4 Å². The van der Waals surface area contributed by atoms with Gasteiger partial charge in [0.05, 0.1) is 0 Å². The topological polar surface area (TPSA) is 80.3 Å². The summed E-state index contributed by atoms with van der Waals surface area (Å²) < 4.78 is 0. The minimum Gasteiger partial charge on any atom is -0.355 e. The number of guanidine groups is 1. The van der Waals surface area contributed by atoms with E-state index in [0.717, 1.165) is 52.0 Å². The molecule has 1 saturated carbocycles. The summed E-state index contributed by atoms with van der Waals surface area (Å²) >= 11 is 0. The van der Waals surface area contributed by atoms with E-state index in [0.29, 0.717) is 17.9 Å². The van der Waals surface area contributed by atoms with Crippen molar-refractivity contribution in [1.29, 1.82) is 0 Å². The minimum atomic E-state index is -0.0160. The highest BCUT2D eigenvalue weighted by Gasteiger charge is 2.32. The third kappa shape index (κ3) is 6.82. The van der Waals surface area contributed by atoms with Crippen molar-refractivity contribution >= 4 is 17.8 Å². The predicted octanol–water partition coefficient (Wildman–Crippen LogP) is 1.28. The largest absolute Gasteiger partial charge is 0.355 e. The number of hydrogen-bond acceptors (Lipinski definition) is 4. The van der Waals surface area contributed by atoms with E-state index in [4.69, 9.17) is 0 Å². The van der Waals surface area contributed by atoms with Crippen LogP contribution in [-0.2, 0) is 9.59 Å². The summed E-state index contributed by atoms with van der Waals surface area (Å²) in [5.74, 6) is 1.23. The zero-order valence-electron chi connectivity index (χ0n) is 19.7. The van der Waals surface area contributed by atoms with Crippen molar-refractivity contribution in [1.82, 2.24) is 25.3 Å². The molecule has 2 saturated heterocycles. The highest BCUT2D eigenvalue weighted by Crippen LogP contribution is 2.26. The summed E-state index contributed by atoms with van der Waals surface area (Å²) in [4.78, 5) is 35.6. The monoisotopic (exact) mass is 434 g/mol. The molecule has 1 aliphatic carbocycles. The van der Waals surface area contributed by atoms with Gasteiger partial charge in [-0.25, -0.2) is 4.99 Å². The normalized spacial score (nSPS) is 25.6. The number of nitrogens with one attached hydrogen (secondary N) is 2. The molecule has 8 heteroatoms. The van der Waals surface area contributed by atoms with Crippen molar-refractivity contribution < 1.29 is 9.59 Å². The van der Waals surface area contributed by atoms with Gasteiger partial charge in [-0.2, -0.15) is 0 Å². The summed E-state index contributed by atoms with van der Waals surface area (Å²) in [5, 5.41) is 6.99. The number of amides is 2. The van der Waals surface area contributed by atoms with E-state index in [-0.39, 0.29) is 24.4 Å². The molecule has 3 rings (SSSR count). The first-order valence-corrected chi connectivity index (χ1v) is 12.3. The van der Waals surface area contributed by atoms with Crippen LogP contribution >= 0.6 is 0 Å². The van der Waals surface area contributed by atoms with Crippen LogP contribution in [0.5, 0.6) is 0 Å². The molecule has 2 amide bonds. The maximum atomic E-state index is 12.9. The van der Waals surface area contributed by atoms with Gasteiger partial charge in [-0.15, -0.1) is 0 Å². The zero-order chi connectivity index (χ0) is 22.2. The van der Waals surface area contributed by atoms with E-state index >= 15 is 0 Å². The van der Waals surface area contributed by atoms with E-state index < -0.39 is 0 Å². The second kappa shape index (κ2) is 11.7. The number of likely N-dealkylation sites (tertiary alicyclic amines) is 2. The van der Waals surface area contributed by atoms with Crippen molar-refractivity contribution in [3.63, 3.8) is 0 Å². The molecule has 2 aliphatic heterocycles. The fourth-order valence-corrected chi connectivity index (χ4v) is 5.08.